The van der Waals surface area contributed by atoms with Gasteiger partial charge < -0.3 is 5.32 Å². The molecular formula is C15H17N5O. The molecule has 0 saturated carbocycles. The lowest BCUT2D eigenvalue weighted by atomic mass is 10.1. The molecule has 0 unspecified atom stereocenters. The van der Waals surface area contributed by atoms with Crippen LogP contribution in [0.25, 0.3) is 10.9 Å². The van der Waals surface area contributed by atoms with Gasteiger partial charge in [0.2, 0.25) is 0 Å². The van der Waals surface area contributed by atoms with Crippen molar-refractivity contribution in [2.75, 3.05) is 6.54 Å². The highest BCUT2D eigenvalue weighted by Gasteiger charge is 2.07. The van der Waals surface area contributed by atoms with E-state index >= 15 is 0 Å². The van der Waals surface area contributed by atoms with Gasteiger partial charge in [-0.3, -0.25) is 15.0 Å². The fraction of sp³-hybridized carbons (Fsp3) is 0.267. The number of aryl methyl sites for hydroxylation is 2. The van der Waals surface area contributed by atoms with Crippen molar-refractivity contribution >= 4 is 16.8 Å². The predicted octanol–water partition coefficient (Wildman–Crippen LogP) is 1.96. The molecule has 0 radical (unpaired) electrons. The lowest BCUT2D eigenvalue weighted by molar-refractivity contribution is 0.0953. The van der Waals surface area contributed by atoms with Gasteiger partial charge in [0.15, 0.2) is 0 Å². The van der Waals surface area contributed by atoms with E-state index in [-0.39, 0.29) is 5.91 Å². The van der Waals surface area contributed by atoms with Gasteiger partial charge in [0.05, 0.1) is 17.9 Å². The number of aromatic nitrogens is 4. The molecule has 0 aliphatic rings. The fourth-order valence-electron chi connectivity index (χ4n) is 2.29. The zero-order valence-corrected chi connectivity index (χ0v) is 11.8. The van der Waals surface area contributed by atoms with Crippen LogP contribution < -0.4 is 5.32 Å². The summed E-state index contributed by atoms with van der Waals surface area (Å²) in [6.07, 6.45) is 5.37. The second-order valence-corrected chi connectivity index (χ2v) is 5.05. The van der Waals surface area contributed by atoms with E-state index in [0.29, 0.717) is 12.1 Å². The van der Waals surface area contributed by atoms with Crippen LogP contribution in [0.2, 0.25) is 0 Å². The third-order valence-corrected chi connectivity index (χ3v) is 3.55. The molecule has 0 spiro atoms. The summed E-state index contributed by atoms with van der Waals surface area (Å²) in [5, 5.41) is 17.6. The Hall–Kier alpha value is -2.63. The average molecular weight is 283 g/mol. The van der Waals surface area contributed by atoms with E-state index < -0.39 is 0 Å². The van der Waals surface area contributed by atoms with Crippen LogP contribution in [0.1, 0.15) is 28.0 Å². The number of carbonyl (C=O) groups excluding carboxylic acids is 1. The molecule has 3 aromatic rings. The first-order valence-corrected chi connectivity index (χ1v) is 6.94. The summed E-state index contributed by atoms with van der Waals surface area (Å²) in [5.74, 6) is -0.0598. The van der Waals surface area contributed by atoms with Gasteiger partial charge >= 0.3 is 0 Å². The second-order valence-electron chi connectivity index (χ2n) is 5.05. The molecule has 6 heteroatoms. The fourth-order valence-corrected chi connectivity index (χ4v) is 2.29. The number of hydrogen-bond donors (Lipinski definition) is 3. The number of hydrogen-bond acceptors (Lipinski definition) is 3. The van der Waals surface area contributed by atoms with Gasteiger partial charge in [0.1, 0.15) is 0 Å². The number of benzene rings is 1. The van der Waals surface area contributed by atoms with Crippen molar-refractivity contribution in [2.45, 2.75) is 19.8 Å². The molecule has 1 amide bonds. The van der Waals surface area contributed by atoms with Gasteiger partial charge in [0.25, 0.3) is 5.91 Å². The minimum absolute atomic E-state index is 0.0598. The topological polar surface area (TPSA) is 86.5 Å². The van der Waals surface area contributed by atoms with Crippen molar-refractivity contribution in [3.8, 4) is 0 Å². The van der Waals surface area contributed by atoms with Gasteiger partial charge in [-0.2, -0.15) is 10.2 Å². The zero-order valence-electron chi connectivity index (χ0n) is 11.8. The molecule has 0 aliphatic heterocycles. The SMILES string of the molecule is Cc1[nH]ncc1CCCNC(=O)c1ccc2cn[nH]c2c1. The van der Waals surface area contributed by atoms with Crippen LogP contribution in [0.4, 0.5) is 0 Å². The van der Waals surface area contributed by atoms with Crippen molar-refractivity contribution in [1.29, 1.82) is 0 Å². The van der Waals surface area contributed by atoms with Crippen molar-refractivity contribution in [3.63, 3.8) is 0 Å². The highest BCUT2D eigenvalue weighted by atomic mass is 16.1. The second kappa shape index (κ2) is 5.78. The largest absolute Gasteiger partial charge is 0.352 e. The minimum atomic E-state index is -0.0598. The lowest BCUT2D eigenvalue weighted by Crippen LogP contribution is -2.24. The van der Waals surface area contributed by atoms with Crippen LogP contribution >= 0.6 is 0 Å². The number of fused-ring (bicyclic) bond motifs is 1. The van der Waals surface area contributed by atoms with Crippen LogP contribution in [0, 0.1) is 6.92 Å². The van der Waals surface area contributed by atoms with E-state index in [9.17, 15) is 4.79 Å². The average Bonchev–Trinajstić information content (AvgIpc) is 3.11. The first kappa shape index (κ1) is 13.4. The summed E-state index contributed by atoms with van der Waals surface area (Å²) < 4.78 is 0. The lowest BCUT2D eigenvalue weighted by Gasteiger charge is -2.05. The Labute approximate surface area is 122 Å². The van der Waals surface area contributed by atoms with Crippen LogP contribution in [0.5, 0.6) is 0 Å². The highest BCUT2D eigenvalue weighted by Crippen LogP contribution is 2.12. The minimum Gasteiger partial charge on any atom is -0.352 e. The van der Waals surface area contributed by atoms with Crippen molar-refractivity contribution in [1.82, 2.24) is 25.7 Å². The van der Waals surface area contributed by atoms with Gasteiger partial charge in [-0.1, -0.05) is 6.07 Å². The van der Waals surface area contributed by atoms with E-state index in [4.69, 9.17) is 0 Å². The van der Waals surface area contributed by atoms with E-state index in [0.717, 1.165) is 29.4 Å². The summed E-state index contributed by atoms with van der Waals surface area (Å²) >= 11 is 0. The van der Waals surface area contributed by atoms with Gasteiger partial charge in [0, 0.05) is 23.2 Å². The summed E-state index contributed by atoms with van der Waals surface area (Å²) in [5.41, 5.74) is 3.80. The smallest absolute Gasteiger partial charge is 0.251 e. The highest BCUT2D eigenvalue weighted by molar-refractivity contribution is 5.97. The number of aromatic amines is 2. The number of rotatable bonds is 5. The van der Waals surface area contributed by atoms with Gasteiger partial charge in [-0.25, -0.2) is 0 Å². The molecule has 21 heavy (non-hydrogen) atoms. The molecule has 3 rings (SSSR count). The van der Waals surface area contributed by atoms with E-state index in [2.05, 4.69) is 25.7 Å². The van der Waals surface area contributed by atoms with Crippen molar-refractivity contribution in [2.24, 2.45) is 0 Å². The molecule has 2 aromatic heterocycles. The molecule has 6 nitrogen and oxygen atoms in total. The molecule has 0 atom stereocenters. The number of amides is 1. The van der Waals surface area contributed by atoms with Gasteiger partial charge in [-0.05, 0) is 37.5 Å². The Kier molecular flexibility index (Phi) is 3.68. The molecule has 3 N–H and O–H groups in total. The first-order valence-electron chi connectivity index (χ1n) is 6.94. The maximum atomic E-state index is 12.1. The van der Waals surface area contributed by atoms with Crippen molar-refractivity contribution < 1.29 is 4.79 Å². The number of carbonyl (C=O) groups is 1. The molecule has 0 aliphatic carbocycles. The number of H-pyrrole nitrogens is 2. The van der Waals surface area contributed by atoms with Crippen LogP contribution in [-0.2, 0) is 6.42 Å². The predicted molar refractivity (Wildman–Crippen MR) is 80.1 cm³/mol. The summed E-state index contributed by atoms with van der Waals surface area (Å²) in [6.45, 7) is 2.64. The maximum absolute atomic E-state index is 12.1. The Morgan fingerprint density at radius 1 is 1.24 bits per heavy atom. The Morgan fingerprint density at radius 3 is 2.90 bits per heavy atom. The molecule has 1 aromatic carbocycles. The Morgan fingerprint density at radius 2 is 2.10 bits per heavy atom. The monoisotopic (exact) mass is 283 g/mol. The molecule has 2 heterocycles. The Balaban J connectivity index is 1.53. The van der Waals surface area contributed by atoms with Crippen molar-refractivity contribution in [3.05, 3.63) is 47.4 Å². The molecule has 0 fully saturated rings. The molecule has 0 bridgehead atoms. The number of nitrogens with one attached hydrogen (secondary N) is 3. The first-order chi connectivity index (χ1) is 10.2. The zero-order chi connectivity index (χ0) is 14.7. The van der Waals surface area contributed by atoms with E-state index in [1.165, 1.54) is 5.56 Å². The normalized spacial score (nSPS) is 10.9. The van der Waals surface area contributed by atoms with Crippen LogP contribution in [-0.4, -0.2) is 32.8 Å². The third kappa shape index (κ3) is 2.94. The maximum Gasteiger partial charge on any atom is 0.251 e. The van der Waals surface area contributed by atoms with Gasteiger partial charge in [-0.15, -0.1) is 0 Å². The molecule has 108 valence electrons. The summed E-state index contributed by atoms with van der Waals surface area (Å²) in [6, 6.07) is 5.52. The number of nitrogens with zero attached hydrogens (tertiary/aromatic N) is 2. The summed E-state index contributed by atoms with van der Waals surface area (Å²) in [4.78, 5) is 12.1. The Bertz CT molecular complexity index is 758. The standard InChI is InChI=1S/C15H17N5O/c1-10-12(8-17-19-10)3-2-6-16-15(21)11-4-5-13-9-18-20-14(13)7-11/h4-5,7-9H,2-3,6H2,1H3,(H,16,21)(H,17,19)(H,18,20). The third-order valence-electron chi connectivity index (χ3n) is 3.55. The van der Waals surface area contributed by atoms with E-state index in [1.54, 1.807) is 6.20 Å². The van der Waals surface area contributed by atoms with Crippen LogP contribution in [0.3, 0.4) is 0 Å². The van der Waals surface area contributed by atoms with E-state index in [1.807, 2.05) is 31.3 Å². The quantitative estimate of drug-likeness (QED) is 0.626. The molecular weight excluding hydrogens is 266 g/mol. The molecule has 0 saturated heterocycles. The van der Waals surface area contributed by atoms with Crippen LogP contribution in [0.15, 0.2) is 30.6 Å². The summed E-state index contributed by atoms with van der Waals surface area (Å²) in [7, 11) is 0.